The van der Waals surface area contributed by atoms with Gasteiger partial charge >= 0.3 is 0 Å². The fourth-order valence-electron chi connectivity index (χ4n) is 2.75. The van der Waals surface area contributed by atoms with Crippen LogP contribution in [0.4, 0.5) is 10.1 Å². The van der Waals surface area contributed by atoms with Crippen molar-refractivity contribution in [1.29, 1.82) is 0 Å². The Hall–Kier alpha value is -1.83. The molecule has 1 aliphatic rings. The smallest absolute Gasteiger partial charge is 0.125 e. The molecular formula is C17H18FN. The molecule has 1 aliphatic carbocycles. The van der Waals surface area contributed by atoms with Crippen LogP contribution in [0.3, 0.4) is 0 Å². The van der Waals surface area contributed by atoms with E-state index in [2.05, 4.69) is 36.5 Å². The minimum absolute atomic E-state index is 0.181. The van der Waals surface area contributed by atoms with Gasteiger partial charge in [-0.05, 0) is 49.4 Å². The van der Waals surface area contributed by atoms with Crippen LogP contribution >= 0.6 is 0 Å². The molecular weight excluding hydrogens is 237 g/mol. The summed E-state index contributed by atoms with van der Waals surface area (Å²) in [5, 5.41) is 3.39. The van der Waals surface area contributed by atoms with Gasteiger partial charge in [-0.1, -0.05) is 35.9 Å². The van der Waals surface area contributed by atoms with Gasteiger partial charge in [0.25, 0.3) is 0 Å². The Balaban J connectivity index is 1.58. The molecule has 0 heterocycles. The second kappa shape index (κ2) is 5.04. The van der Waals surface area contributed by atoms with Crippen molar-refractivity contribution in [2.45, 2.75) is 31.7 Å². The second-order valence-corrected chi connectivity index (χ2v) is 5.43. The average molecular weight is 255 g/mol. The number of hydrogen-bond acceptors (Lipinski definition) is 1. The molecule has 0 amide bonds. The first-order valence-electron chi connectivity index (χ1n) is 6.79. The molecule has 98 valence electrons. The van der Waals surface area contributed by atoms with Gasteiger partial charge in [-0.25, -0.2) is 4.39 Å². The van der Waals surface area contributed by atoms with Gasteiger partial charge in [0, 0.05) is 11.7 Å². The van der Waals surface area contributed by atoms with E-state index in [0.717, 1.165) is 18.5 Å². The first-order chi connectivity index (χ1) is 9.20. The second-order valence-electron chi connectivity index (χ2n) is 5.43. The van der Waals surface area contributed by atoms with Crippen molar-refractivity contribution in [1.82, 2.24) is 0 Å². The van der Waals surface area contributed by atoms with E-state index >= 15 is 0 Å². The molecule has 0 radical (unpaired) electrons. The zero-order valence-electron chi connectivity index (χ0n) is 11.1. The largest absolute Gasteiger partial charge is 0.382 e. The van der Waals surface area contributed by atoms with Gasteiger partial charge in [0.05, 0.1) is 0 Å². The predicted octanol–water partition coefficient (Wildman–Crippen LogP) is 4.49. The highest BCUT2D eigenvalue weighted by molar-refractivity contribution is 5.45. The number of hydrogen-bond donors (Lipinski definition) is 1. The van der Waals surface area contributed by atoms with E-state index in [1.807, 2.05) is 6.07 Å². The number of aryl methyl sites for hydroxylation is 1. The standard InChI is InChI=1S/C17H18FN/c1-12-4-2-5-13(8-12)14-9-17(10-14)19-16-7-3-6-15(18)11-16/h2-8,11,14,17,19H,9-10H2,1H3. The Bertz CT molecular complexity index is 573. The van der Waals surface area contributed by atoms with Crippen LogP contribution < -0.4 is 5.32 Å². The third-order valence-electron chi connectivity index (χ3n) is 3.85. The van der Waals surface area contributed by atoms with Crippen molar-refractivity contribution >= 4 is 5.69 Å². The molecule has 2 aromatic carbocycles. The molecule has 1 saturated carbocycles. The van der Waals surface area contributed by atoms with Gasteiger partial charge < -0.3 is 5.32 Å². The normalized spacial score (nSPS) is 21.8. The summed E-state index contributed by atoms with van der Waals surface area (Å²) in [4.78, 5) is 0. The third kappa shape index (κ3) is 2.78. The van der Waals surface area contributed by atoms with Gasteiger partial charge in [-0.2, -0.15) is 0 Å². The molecule has 0 bridgehead atoms. The van der Waals surface area contributed by atoms with Crippen LogP contribution in [0.2, 0.25) is 0 Å². The predicted molar refractivity (Wildman–Crippen MR) is 77.0 cm³/mol. The zero-order chi connectivity index (χ0) is 13.2. The van der Waals surface area contributed by atoms with Crippen molar-refractivity contribution in [3.05, 3.63) is 65.5 Å². The first kappa shape index (κ1) is 12.2. The third-order valence-corrected chi connectivity index (χ3v) is 3.85. The van der Waals surface area contributed by atoms with Crippen molar-refractivity contribution < 1.29 is 4.39 Å². The summed E-state index contributed by atoms with van der Waals surface area (Å²) >= 11 is 0. The van der Waals surface area contributed by atoms with Crippen LogP contribution in [0.25, 0.3) is 0 Å². The minimum atomic E-state index is -0.181. The Labute approximate surface area is 113 Å². The molecule has 0 atom stereocenters. The molecule has 2 aromatic rings. The number of halogens is 1. The topological polar surface area (TPSA) is 12.0 Å². The highest BCUT2D eigenvalue weighted by Gasteiger charge is 2.30. The van der Waals surface area contributed by atoms with Crippen molar-refractivity contribution in [3.63, 3.8) is 0 Å². The highest BCUT2D eigenvalue weighted by atomic mass is 19.1. The molecule has 0 saturated heterocycles. The van der Waals surface area contributed by atoms with E-state index in [-0.39, 0.29) is 5.82 Å². The first-order valence-corrected chi connectivity index (χ1v) is 6.79. The molecule has 1 fully saturated rings. The number of benzene rings is 2. The SMILES string of the molecule is Cc1cccc(C2CC(Nc3cccc(F)c3)C2)c1. The summed E-state index contributed by atoms with van der Waals surface area (Å²) in [6.45, 7) is 2.13. The lowest BCUT2D eigenvalue weighted by molar-refractivity contribution is 0.374. The summed E-state index contributed by atoms with van der Waals surface area (Å²) in [6, 6.07) is 15.9. The monoisotopic (exact) mass is 255 g/mol. The molecule has 0 aliphatic heterocycles. The van der Waals surface area contributed by atoms with Gasteiger partial charge in [0.2, 0.25) is 0 Å². The maximum atomic E-state index is 13.1. The Morgan fingerprint density at radius 3 is 2.58 bits per heavy atom. The lowest BCUT2D eigenvalue weighted by Crippen LogP contribution is -2.34. The van der Waals surface area contributed by atoms with E-state index in [0.29, 0.717) is 12.0 Å². The van der Waals surface area contributed by atoms with Gasteiger partial charge in [0.15, 0.2) is 0 Å². The summed E-state index contributed by atoms with van der Waals surface area (Å²) < 4.78 is 13.1. The van der Waals surface area contributed by atoms with Crippen LogP contribution in [0.15, 0.2) is 48.5 Å². The lowest BCUT2D eigenvalue weighted by atomic mass is 9.75. The van der Waals surface area contributed by atoms with E-state index in [1.54, 1.807) is 12.1 Å². The maximum Gasteiger partial charge on any atom is 0.125 e. The van der Waals surface area contributed by atoms with Crippen LogP contribution in [-0.4, -0.2) is 6.04 Å². The van der Waals surface area contributed by atoms with Gasteiger partial charge in [-0.3, -0.25) is 0 Å². The molecule has 1 N–H and O–H groups in total. The van der Waals surface area contributed by atoms with Crippen molar-refractivity contribution in [2.75, 3.05) is 5.32 Å². The Kier molecular flexibility index (Phi) is 3.24. The Morgan fingerprint density at radius 1 is 1.05 bits per heavy atom. The van der Waals surface area contributed by atoms with Gasteiger partial charge in [-0.15, -0.1) is 0 Å². The quantitative estimate of drug-likeness (QED) is 0.852. The van der Waals surface area contributed by atoms with Gasteiger partial charge in [0.1, 0.15) is 5.82 Å². The van der Waals surface area contributed by atoms with Crippen molar-refractivity contribution in [2.24, 2.45) is 0 Å². The Morgan fingerprint density at radius 2 is 1.84 bits per heavy atom. The van der Waals surface area contributed by atoms with E-state index in [9.17, 15) is 4.39 Å². The van der Waals surface area contributed by atoms with Crippen LogP contribution in [0.1, 0.15) is 29.9 Å². The molecule has 0 spiro atoms. The summed E-state index contributed by atoms with van der Waals surface area (Å²) in [5.41, 5.74) is 3.63. The molecule has 1 nitrogen and oxygen atoms in total. The van der Waals surface area contributed by atoms with Crippen LogP contribution in [0.5, 0.6) is 0 Å². The molecule has 19 heavy (non-hydrogen) atoms. The molecule has 3 rings (SSSR count). The average Bonchev–Trinajstić information content (AvgIpc) is 2.33. The molecule has 0 aromatic heterocycles. The highest BCUT2D eigenvalue weighted by Crippen LogP contribution is 2.38. The van der Waals surface area contributed by atoms with Crippen LogP contribution in [-0.2, 0) is 0 Å². The van der Waals surface area contributed by atoms with Crippen LogP contribution in [0, 0.1) is 12.7 Å². The molecule has 2 heteroatoms. The summed E-state index contributed by atoms with van der Waals surface area (Å²) in [6.07, 6.45) is 2.25. The van der Waals surface area contributed by atoms with E-state index in [1.165, 1.54) is 17.2 Å². The summed E-state index contributed by atoms with van der Waals surface area (Å²) in [7, 11) is 0. The lowest BCUT2D eigenvalue weighted by Gasteiger charge is -2.37. The molecule has 0 unspecified atom stereocenters. The number of anilines is 1. The van der Waals surface area contributed by atoms with Crippen molar-refractivity contribution in [3.8, 4) is 0 Å². The fraction of sp³-hybridized carbons (Fsp3) is 0.294. The zero-order valence-corrected chi connectivity index (χ0v) is 11.1. The van der Waals surface area contributed by atoms with E-state index in [4.69, 9.17) is 0 Å². The number of nitrogens with one attached hydrogen (secondary N) is 1. The maximum absolute atomic E-state index is 13.1. The summed E-state index contributed by atoms with van der Waals surface area (Å²) in [5.74, 6) is 0.463. The van der Waals surface area contributed by atoms with E-state index < -0.39 is 0 Å². The minimum Gasteiger partial charge on any atom is -0.382 e. The fourth-order valence-corrected chi connectivity index (χ4v) is 2.75. The number of rotatable bonds is 3.